The van der Waals surface area contributed by atoms with Gasteiger partial charge >= 0.3 is 0 Å². The first-order valence-electron chi connectivity index (χ1n) is 7.21. The Morgan fingerprint density at radius 3 is 2.33 bits per heavy atom. The Balaban J connectivity index is 2.38. The second kappa shape index (κ2) is 7.20. The molecule has 1 heterocycles. The van der Waals surface area contributed by atoms with Crippen LogP contribution in [0.5, 0.6) is 0 Å². The first kappa shape index (κ1) is 18.9. The first-order valence-corrected chi connectivity index (χ1v) is 9.91. The van der Waals surface area contributed by atoms with Crippen molar-refractivity contribution in [2.45, 2.75) is 36.2 Å². The number of hydrogen-bond donors (Lipinski definition) is 1. The Bertz CT molecular complexity index is 828. The second-order valence-electron chi connectivity index (χ2n) is 5.73. The van der Waals surface area contributed by atoms with E-state index in [2.05, 4.69) is 9.71 Å². The number of halogens is 2. The van der Waals surface area contributed by atoms with Crippen LogP contribution in [0.1, 0.15) is 31.3 Å². The number of rotatable bonds is 6. The van der Waals surface area contributed by atoms with Crippen LogP contribution < -0.4 is 4.72 Å². The molecule has 2 aromatic rings. The van der Waals surface area contributed by atoms with Crippen molar-refractivity contribution in [2.75, 3.05) is 6.26 Å². The quantitative estimate of drug-likeness (QED) is 0.843. The van der Waals surface area contributed by atoms with Crippen LogP contribution in [-0.2, 0) is 23.6 Å². The Hall–Kier alpha value is -1.45. The normalized spacial score (nSPS) is 12.1. The zero-order valence-corrected chi connectivity index (χ0v) is 15.4. The fourth-order valence-corrected chi connectivity index (χ4v) is 3.69. The van der Waals surface area contributed by atoms with Gasteiger partial charge in [0.1, 0.15) is 22.5 Å². The van der Waals surface area contributed by atoms with Crippen molar-refractivity contribution in [1.82, 2.24) is 14.3 Å². The zero-order valence-electron chi connectivity index (χ0n) is 13.8. The van der Waals surface area contributed by atoms with Gasteiger partial charge in [0.2, 0.25) is 10.0 Å². The van der Waals surface area contributed by atoms with E-state index < -0.39 is 21.7 Å². The molecule has 9 heteroatoms. The maximum atomic E-state index is 13.4. The summed E-state index contributed by atoms with van der Waals surface area (Å²) in [6.45, 7) is 3.95. The Labute approximate surface area is 144 Å². The minimum absolute atomic E-state index is 0.0487. The maximum Gasteiger partial charge on any atom is 0.209 e. The Kier molecular flexibility index (Phi) is 5.67. The molecule has 1 aromatic heterocycles. The molecule has 0 amide bonds. The van der Waals surface area contributed by atoms with Gasteiger partial charge in [0.15, 0.2) is 0 Å². The SMILES string of the molecule is CC(C)c1nc(CNS(C)(=O)=O)n(C)c1Sc1cc(F)cc(F)c1. The van der Waals surface area contributed by atoms with Crippen LogP contribution in [0.2, 0.25) is 0 Å². The molecule has 0 radical (unpaired) electrons. The maximum absolute atomic E-state index is 13.4. The Morgan fingerprint density at radius 2 is 1.83 bits per heavy atom. The largest absolute Gasteiger partial charge is 0.325 e. The Morgan fingerprint density at radius 1 is 1.25 bits per heavy atom. The lowest BCUT2D eigenvalue weighted by atomic mass is 10.2. The summed E-state index contributed by atoms with van der Waals surface area (Å²) in [5, 5.41) is 0.723. The number of imidazole rings is 1. The van der Waals surface area contributed by atoms with E-state index >= 15 is 0 Å². The molecular weight excluding hydrogens is 356 g/mol. The minimum atomic E-state index is -3.34. The molecule has 0 bridgehead atoms. The molecule has 24 heavy (non-hydrogen) atoms. The van der Waals surface area contributed by atoms with Gasteiger partial charge in [-0.1, -0.05) is 25.6 Å². The molecule has 0 aliphatic heterocycles. The molecule has 0 unspecified atom stereocenters. The van der Waals surface area contributed by atoms with Gasteiger partial charge in [-0.05, 0) is 18.1 Å². The summed E-state index contributed by atoms with van der Waals surface area (Å²) < 4.78 is 53.5. The topological polar surface area (TPSA) is 64.0 Å². The molecule has 1 N–H and O–H groups in total. The molecule has 0 aliphatic rings. The average molecular weight is 375 g/mol. The van der Waals surface area contributed by atoms with Crippen LogP contribution in [-0.4, -0.2) is 24.2 Å². The van der Waals surface area contributed by atoms with Gasteiger partial charge in [0, 0.05) is 18.0 Å². The molecule has 0 saturated heterocycles. The molecular formula is C15H19F2N3O2S2. The van der Waals surface area contributed by atoms with Crippen LogP contribution in [0.4, 0.5) is 8.78 Å². The summed E-state index contributed by atoms with van der Waals surface area (Å²) in [5.74, 6) is -0.693. The number of benzene rings is 1. The van der Waals surface area contributed by atoms with E-state index in [0.717, 1.165) is 23.0 Å². The molecule has 0 aliphatic carbocycles. The van der Waals surface area contributed by atoms with Crippen molar-refractivity contribution in [3.05, 3.63) is 41.4 Å². The molecule has 1 aromatic carbocycles. The summed E-state index contributed by atoms with van der Waals surface area (Å²) in [6.07, 6.45) is 1.07. The number of nitrogens with one attached hydrogen (secondary N) is 1. The van der Waals surface area contributed by atoms with Gasteiger partial charge in [-0.15, -0.1) is 0 Å². The summed E-state index contributed by atoms with van der Waals surface area (Å²) in [5.41, 5.74) is 0.748. The van der Waals surface area contributed by atoms with Crippen LogP contribution >= 0.6 is 11.8 Å². The number of aromatic nitrogens is 2. The van der Waals surface area contributed by atoms with E-state index in [1.165, 1.54) is 23.9 Å². The molecule has 5 nitrogen and oxygen atoms in total. The predicted molar refractivity (Wildman–Crippen MR) is 89.5 cm³/mol. The second-order valence-corrected chi connectivity index (χ2v) is 8.63. The van der Waals surface area contributed by atoms with Crippen molar-refractivity contribution in [1.29, 1.82) is 0 Å². The predicted octanol–water partition coefficient (Wildman–Crippen LogP) is 3.02. The van der Waals surface area contributed by atoms with Crippen molar-refractivity contribution >= 4 is 21.8 Å². The van der Waals surface area contributed by atoms with Crippen molar-refractivity contribution < 1.29 is 17.2 Å². The van der Waals surface area contributed by atoms with Gasteiger partial charge in [0.25, 0.3) is 0 Å². The van der Waals surface area contributed by atoms with Crippen LogP contribution in [0.3, 0.4) is 0 Å². The highest BCUT2D eigenvalue weighted by Gasteiger charge is 2.19. The fraction of sp³-hybridized carbons (Fsp3) is 0.400. The summed E-state index contributed by atoms with van der Waals surface area (Å²) in [6, 6.07) is 3.32. The number of hydrogen-bond acceptors (Lipinski definition) is 4. The lowest BCUT2D eigenvalue weighted by Crippen LogP contribution is -2.23. The third-order valence-corrected chi connectivity index (χ3v) is 5.07. The molecule has 132 valence electrons. The van der Waals surface area contributed by atoms with Crippen LogP contribution in [0.25, 0.3) is 0 Å². The highest BCUT2D eigenvalue weighted by molar-refractivity contribution is 7.99. The van der Waals surface area contributed by atoms with E-state index in [-0.39, 0.29) is 12.5 Å². The van der Waals surface area contributed by atoms with Crippen LogP contribution in [0.15, 0.2) is 28.1 Å². The van der Waals surface area contributed by atoms with Crippen molar-refractivity contribution in [3.63, 3.8) is 0 Å². The van der Waals surface area contributed by atoms with E-state index in [0.29, 0.717) is 10.7 Å². The standard InChI is InChI=1S/C15H19F2N3O2S2/c1-9(2)14-15(23-12-6-10(16)5-11(17)7-12)20(3)13(19-14)8-18-24(4,21)22/h5-7,9,18H,8H2,1-4H3. The number of nitrogens with zero attached hydrogens (tertiary/aromatic N) is 2. The highest BCUT2D eigenvalue weighted by atomic mass is 32.2. The summed E-state index contributed by atoms with van der Waals surface area (Å²) in [7, 11) is -1.60. The van der Waals surface area contributed by atoms with Gasteiger partial charge < -0.3 is 4.57 Å². The monoisotopic (exact) mass is 375 g/mol. The van der Waals surface area contributed by atoms with E-state index in [1.54, 1.807) is 11.6 Å². The third kappa shape index (κ3) is 4.78. The molecule has 2 rings (SSSR count). The minimum Gasteiger partial charge on any atom is -0.325 e. The molecule has 0 atom stereocenters. The van der Waals surface area contributed by atoms with Crippen molar-refractivity contribution in [2.24, 2.45) is 7.05 Å². The van der Waals surface area contributed by atoms with E-state index in [4.69, 9.17) is 0 Å². The van der Waals surface area contributed by atoms with E-state index in [1.807, 2.05) is 13.8 Å². The highest BCUT2D eigenvalue weighted by Crippen LogP contribution is 2.34. The smallest absolute Gasteiger partial charge is 0.209 e. The summed E-state index contributed by atoms with van der Waals surface area (Å²) in [4.78, 5) is 4.90. The zero-order chi connectivity index (χ0) is 18.1. The molecule has 0 fully saturated rings. The van der Waals surface area contributed by atoms with Gasteiger partial charge in [-0.25, -0.2) is 26.9 Å². The van der Waals surface area contributed by atoms with E-state index in [9.17, 15) is 17.2 Å². The van der Waals surface area contributed by atoms with Crippen LogP contribution in [0, 0.1) is 11.6 Å². The van der Waals surface area contributed by atoms with Gasteiger partial charge in [0.05, 0.1) is 18.5 Å². The molecule has 0 spiro atoms. The van der Waals surface area contributed by atoms with Gasteiger partial charge in [-0.2, -0.15) is 0 Å². The third-order valence-electron chi connectivity index (χ3n) is 3.25. The fourth-order valence-electron chi connectivity index (χ4n) is 2.10. The summed E-state index contributed by atoms with van der Waals surface area (Å²) >= 11 is 1.19. The molecule has 0 saturated carbocycles. The average Bonchev–Trinajstić information content (AvgIpc) is 2.72. The number of sulfonamides is 1. The van der Waals surface area contributed by atoms with Crippen molar-refractivity contribution in [3.8, 4) is 0 Å². The first-order chi connectivity index (χ1) is 11.1. The lowest BCUT2D eigenvalue weighted by Gasteiger charge is -2.09. The lowest BCUT2D eigenvalue weighted by molar-refractivity contribution is 0.577. The van der Waals surface area contributed by atoms with Gasteiger partial charge in [-0.3, -0.25) is 0 Å².